The maximum atomic E-state index is 13.9. The Morgan fingerprint density at radius 1 is 1.00 bits per heavy atom. The number of rotatable bonds is 4. The molecule has 5 rings (SSSR count). The highest BCUT2D eigenvalue weighted by Crippen LogP contribution is 2.42. The van der Waals surface area contributed by atoms with Crippen molar-refractivity contribution in [2.75, 3.05) is 4.90 Å². The summed E-state index contributed by atoms with van der Waals surface area (Å²) < 4.78 is 33.1. The van der Waals surface area contributed by atoms with Gasteiger partial charge in [-0.3, -0.25) is 19.5 Å². The normalized spacial score (nSPS) is 16.2. The highest BCUT2D eigenvalue weighted by Gasteiger charge is 2.45. The van der Waals surface area contributed by atoms with E-state index in [0.29, 0.717) is 16.5 Å². The lowest BCUT2D eigenvalue weighted by atomic mass is 9.95. The van der Waals surface area contributed by atoms with E-state index in [2.05, 4.69) is 4.98 Å². The van der Waals surface area contributed by atoms with E-state index < -0.39 is 35.1 Å². The van der Waals surface area contributed by atoms with Crippen molar-refractivity contribution >= 4 is 28.3 Å². The first-order valence-corrected chi connectivity index (χ1v) is 9.60. The van der Waals surface area contributed by atoms with Gasteiger partial charge in [0, 0.05) is 29.5 Å². The molecule has 1 N–H and O–H groups in total. The fourth-order valence-electron chi connectivity index (χ4n) is 3.83. The first kappa shape index (κ1) is 19.6. The number of carbonyl (C=O) groups is 2. The second-order valence-electron chi connectivity index (χ2n) is 7.20. The lowest BCUT2D eigenvalue weighted by Crippen LogP contribution is -2.31. The number of benzene rings is 2. The molecule has 1 aliphatic rings. The van der Waals surface area contributed by atoms with Gasteiger partial charge in [-0.1, -0.05) is 18.2 Å². The van der Waals surface area contributed by atoms with Gasteiger partial charge in [0.25, 0.3) is 5.91 Å². The van der Waals surface area contributed by atoms with E-state index in [1.807, 2.05) is 0 Å². The van der Waals surface area contributed by atoms with Crippen LogP contribution in [0.1, 0.15) is 22.2 Å². The molecule has 32 heavy (non-hydrogen) atoms. The Labute approximate surface area is 180 Å². The summed E-state index contributed by atoms with van der Waals surface area (Å²) in [6, 6.07) is 13.4. The number of hydrogen-bond donors (Lipinski definition) is 1. The number of aliphatic hydroxyl groups excluding tert-OH is 1. The van der Waals surface area contributed by atoms with Gasteiger partial charge < -0.3 is 9.52 Å². The van der Waals surface area contributed by atoms with E-state index in [4.69, 9.17) is 4.42 Å². The smallest absolute Gasteiger partial charge is 0.294 e. The lowest BCUT2D eigenvalue weighted by molar-refractivity contribution is -0.117. The fourth-order valence-corrected chi connectivity index (χ4v) is 3.83. The zero-order chi connectivity index (χ0) is 22.4. The summed E-state index contributed by atoms with van der Waals surface area (Å²) in [7, 11) is 0. The molecule has 0 saturated heterocycles. The van der Waals surface area contributed by atoms with Crippen molar-refractivity contribution in [2.24, 2.45) is 0 Å². The Kier molecular flexibility index (Phi) is 4.55. The summed E-state index contributed by atoms with van der Waals surface area (Å²) in [5.41, 5.74) is 0.666. The van der Waals surface area contributed by atoms with Gasteiger partial charge in [-0.25, -0.2) is 8.78 Å². The number of aromatic nitrogens is 1. The van der Waals surface area contributed by atoms with Crippen LogP contribution in [0.4, 0.5) is 14.5 Å². The first-order valence-electron chi connectivity index (χ1n) is 9.60. The second-order valence-corrected chi connectivity index (χ2v) is 7.20. The topological polar surface area (TPSA) is 83.6 Å². The summed E-state index contributed by atoms with van der Waals surface area (Å²) in [5.74, 6) is -4.72. The third-order valence-corrected chi connectivity index (χ3v) is 5.31. The van der Waals surface area contributed by atoms with E-state index in [0.717, 1.165) is 17.0 Å². The first-order chi connectivity index (χ1) is 15.5. The largest absolute Gasteiger partial charge is 0.503 e. The molecule has 4 aromatic rings. The number of ketones is 1. The summed E-state index contributed by atoms with van der Waals surface area (Å²) >= 11 is 0. The molecule has 6 nitrogen and oxygen atoms in total. The zero-order valence-corrected chi connectivity index (χ0v) is 16.3. The van der Waals surface area contributed by atoms with Crippen LogP contribution in [0, 0.1) is 11.6 Å². The number of amides is 1. The van der Waals surface area contributed by atoms with E-state index in [1.165, 1.54) is 24.5 Å². The number of carbonyl (C=O) groups excluding carboxylic acids is 2. The van der Waals surface area contributed by atoms with E-state index in [-0.39, 0.29) is 17.0 Å². The van der Waals surface area contributed by atoms with Gasteiger partial charge in [-0.2, -0.15) is 0 Å². The maximum absolute atomic E-state index is 13.9. The molecule has 0 saturated carbocycles. The zero-order valence-electron chi connectivity index (χ0n) is 16.3. The number of Topliss-reactive ketones (excluding diaryl/α,β-unsaturated/α-hetero) is 1. The Hall–Kier alpha value is -4.33. The van der Waals surface area contributed by atoms with E-state index >= 15 is 0 Å². The second kappa shape index (κ2) is 7.42. The van der Waals surface area contributed by atoms with Crippen LogP contribution in [-0.2, 0) is 4.79 Å². The van der Waals surface area contributed by atoms with Crippen molar-refractivity contribution in [2.45, 2.75) is 6.04 Å². The number of nitrogens with zero attached hydrogens (tertiary/aromatic N) is 2. The maximum Gasteiger partial charge on any atom is 0.294 e. The molecule has 2 aromatic heterocycles. The number of pyridine rings is 1. The van der Waals surface area contributed by atoms with Gasteiger partial charge in [0.2, 0.25) is 5.78 Å². The fraction of sp³-hybridized carbons (Fsp3) is 0.0417. The van der Waals surface area contributed by atoms with Crippen LogP contribution >= 0.6 is 0 Å². The van der Waals surface area contributed by atoms with E-state index in [1.54, 1.807) is 36.4 Å². The minimum absolute atomic E-state index is 0.0188. The van der Waals surface area contributed by atoms with Crippen LogP contribution in [-0.4, -0.2) is 21.8 Å². The van der Waals surface area contributed by atoms with Crippen LogP contribution < -0.4 is 4.90 Å². The Balaban J connectivity index is 1.66. The number of anilines is 1. The van der Waals surface area contributed by atoms with Gasteiger partial charge in [-0.05, 0) is 42.0 Å². The molecular weight excluding hydrogens is 418 g/mol. The van der Waals surface area contributed by atoms with Crippen molar-refractivity contribution < 1.29 is 27.9 Å². The molecule has 1 aliphatic heterocycles. The lowest BCUT2D eigenvalue weighted by Gasteiger charge is -2.26. The predicted molar refractivity (Wildman–Crippen MR) is 111 cm³/mol. The van der Waals surface area contributed by atoms with Crippen molar-refractivity contribution in [3.8, 4) is 0 Å². The van der Waals surface area contributed by atoms with Gasteiger partial charge in [0.15, 0.2) is 23.2 Å². The molecule has 158 valence electrons. The Morgan fingerprint density at radius 2 is 1.75 bits per heavy atom. The molecule has 0 spiro atoms. The Bertz CT molecular complexity index is 1380. The molecule has 0 radical (unpaired) electrons. The summed E-state index contributed by atoms with van der Waals surface area (Å²) in [6.07, 6.45) is 2.92. The quantitative estimate of drug-likeness (QED) is 0.465. The number of halogens is 2. The number of fused-ring (bicyclic) bond motifs is 1. The number of hydrogen-bond acceptors (Lipinski definition) is 5. The Morgan fingerprint density at radius 3 is 2.47 bits per heavy atom. The van der Waals surface area contributed by atoms with Crippen LogP contribution in [0.25, 0.3) is 11.0 Å². The van der Waals surface area contributed by atoms with Gasteiger partial charge in [-0.15, -0.1) is 0 Å². The van der Waals surface area contributed by atoms with Crippen LogP contribution in [0.3, 0.4) is 0 Å². The van der Waals surface area contributed by atoms with Gasteiger partial charge in [0.1, 0.15) is 5.58 Å². The molecule has 0 fully saturated rings. The molecule has 1 amide bonds. The molecule has 3 heterocycles. The molecule has 0 bridgehead atoms. The van der Waals surface area contributed by atoms with Crippen LogP contribution in [0.5, 0.6) is 0 Å². The van der Waals surface area contributed by atoms with Gasteiger partial charge in [0.05, 0.1) is 11.6 Å². The highest BCUT2D eigenvalue weighted by atomic mass is 19.2. The van der Waals surface area contributed by atoms with Crippen molar-refractivity contribution in [1.82, 2.24) is 4.98 Å². The minimum Gasteiger partial charge on any atom is -0.503 e. The number of furan rings is 1. The number of aliphatic hydroxyl groups is 1. The molecule has 1 atom stereocenters. The summed E-state index contributed by atoms with van der Waals surface area (Å²) in [5, 5.41) is 11.4. The number of para-hydroxylation sites is 1. The van der Waals surface area contributed by atoms with Crippen molar-refractivity contribution in [3.05, 3.63) is 107 Å². The van der Waals surface area contributed by atoms with E-state index in [9.17, 15) is 23.5 Å². The third-order valence-electron chi connectivity index (χ3n) is 5.31. The average molecular weight is 432 g/mol. The highest BCUT2D eigenvalue weighted by molar-refractivity contribution is 6.20. The third kappa shape index (κ3) is 3.04. The van der Waals surface area contributed by atoms with Crippen LogP contribution in [0.15, 0.2) is 88.8 Å². The van der Waals surface area contributed by atoms with Crippen molar-refractivity contribution in [3.63, 3.8) is 0 Å². The van der Waals surface area contributed by atoms with Gasteiger partial charge >= 0.3 is 0 Å². The average Bonchev–Trinajstić information content (AvgIpc) is 3.35. The molecule has 1 unspecified atom stereocenters. The summed E-state index contributed by atoms with van der Waals surface area (Å²) in [6.45, 7) is 0. The molecule has 0 aliphatic carbocycles. The molecular formula is C24H14F2N2O4. The molecule has 2 aromatic carbocycles. The minimum atomic E-state index is -1.17. The monoisotopic (exact) mass is 432 g/mol. The molecule has 8 heteroatoms. The summed E-state index contributed by atoms with van der Waals surface area (Å²) in [4.78, 5) is 31.4. The van der Waals surface area contributed by atoms with Crippen LogP contribution in [0.2, 0.25) is 0 Å². The standard InChI is InChI=1S/C24H14F2N2O4/c25-16-6-5-15(12-17(16)26)28-21(13-7-9-27-10-8-13)20(23(30)24(28)31)22(29)19-11-14-3-1-2-4-18(14)32-19/h1-12,21,30H. The predicted octanol–water partition coefficient (Wildman–Crippen LogP) is 4.89. The SMILES string of the molecule is O=C(C1=C(O)C(=O)N(c2ccc(F)c(F)c2)C1c1ccncc1)c1cc2ccccc2o1. The van der Waals surface area contributed by atoms with Crippen molar-refractivity contribution in [1.29, 1.82) is 0 Å².